The van der Waals surface area contributed by atoms with Crippen molar-refractivity contribution in [1.82, 2.24) is 19.8 Å². The van der Waals surface area contributed by atoms with E-state index in [0.29, 0.717) is 23.9 Å². The van der Waals surface area contributed by atoms with E-state index in [1.54, 1.807) is 6.07 Å². The number of ether oxygens (including phenoxy) is 2. The Kier molecular flexibility index (Phi) is 9.28. The summed E-state index contributed by atoms with van der Waals surface area (Å²) in [6.45, 7) is 3.93. The lowest BCUT2D eigenvalue weighted by Crippen LogP contribution is -2.52. The number of piperidine rings is 1. The first-order valence-corrected chi connectivity index (χ1v) is 14.2. The molecule has 0 aliphatic carbocycles. The quantitative estimate of drug-likeness (QED) is 0.303. The van der Waals surface area contributed by atoms with Gasteiger partial charge in [0, 0.05) is 43.4 Å². The molecule has 2 fully saturated rings. The summed E-state index contributed by atoms with van der Waals surface area (Å²) in [5, 5.41) is 15.2. The molecule has 44 heavy (non-hydrogen) atoms. The first-order chi connectivity index (χ1) is 21.1. The number of halogens is 4. The van der Waals surface area contributed by atoms with E-state index in [1.807, 2.05) is 0 Å². The number of methoxy groups -OCH3 is 1. The van der Waals surface area contributed by atoms with Crippen molar-refractivity contribution < 1.29 is 31.8 Å². The van der Waals surface area contributed by atoms with Crippen LogP contribution in [0.15, 0.2) is 30.6 Å². The predicted octanol–water partition coefficient (Wildman–Crippen LogP) is 4.31. The number of nitrogens with one attached hydrogen (secondary N) is 2. The Labute approximate surface area is 252 Å². The van der Waals surface area contributed by atoms with Crippen molar-refractivity contribution in [3.05, 3.63) is 53.1 Å². The number of amides is 1. The fourth-order valence-electron chi connectivity index (χ4n) is 5.74. The fourth-order valence-corrected chi connectivity index (χ4v) is 5.74. The maximum atomic E-state index is 13.9. The number of nitriles is 1. The minimum atomic E-state index is -4.49. The number of alkyl halides is 3. The molecule has 3 heterocycles. The monoisotopic (exact) mass is 612 g/mol. The number of carbonyl (C=O) groups is 1. The first-order valence-electron chi connectivity index (χ1n) is 14.2. The predicted molar refractivity (Wildman–Crippen MR) is 155 cm³/mol. The van der Waals surface area contributed by atoms with Gasteiger partial charge < -0.3 is 24.7 Å². The van der Waals surface area contributed by atoms with Gasteiger partial charge in [-0.15, -0.1) is 0 Å². The molecule has 13 heteroatoms. The summed E-state index contributed by atoms with van der Waals surface area (Å²) < 4.78 is 65.5. The van der Waals surface area contributed by atoms with E-state index in [9.17, 15) is 22.4 Å². The van der Waals surface area contributed by atoms with Gasteiger partial charge in [-0.05, 0) is 37.0 Å². The average Bonchev–Trinajstić information content (AvgIpc) is 3.66. The number of aromatic nitrogens is 2. The summed E-state index contributed by atoms with van der Waals surface area (Å²) in [6, 6.07) is 7.41. The van der Waals surface area contributed by atoms with Crippen LogP contribution in [0.5, 0.6) is 5.75 Å². The molecule has 2 saturated heterocycles. The Balaban J connectivity index is 1.37. The van der Waals surface area contributed by atoms with Crippen molar-refractivity contribution in [2.24, 2.45) is 5.92 Å². The number of benzene rings is 2. The number of likely N-dealkylation sites (tertiary alicyclic amines) is 1. The fraction of sp³-hybridized carbons (Fsp3) is 0.452. The standard InChI is InChI=1S/C31H32F4N6O3/c1-19-15-40(22-6-9-44-16-22)8-5-25(19)39-30(42)23-10-20(11-27-29(23)38-18-41(27)17-31(33,34)35)4-3-7-37-26-12-21(14-36)24(32)13-28(26)43-2/h10-13,18-19,22,25,37H,5-9,15-17H2,1-2H3,(H,39,42)/t19-,22?,25-/m0/s1. The van der Waals surface area contributed by atoms with Gasteiger partial charge in [0.1, 0.15) is 29.7 Å². The molecular weight excluding hydrogens is 580 g/mol. The molecule has 1 amide bonds. The van der Waals surface area contributed by atoms with Crippen LogP contribution in [0.1, 0.15) is 41.3 Å². The van der Waals surface area contributed by atoms with Gasteiger partial charge >= 0.3 is 6.18 Å². The smallest absolute Gasteiger partial charge is 0.406 e. The summed E-state index contributed by atoms with van der Waals surface area (Å²) in [5.74, 6) is 4.95. The zero-order chi connectivity index (χ0) is 31.4. The van der Waals surface area contributed by atoms with Gasteiger partial charge in [0.05, 0.1) is 48.9 Å². The van der Waals surface area contributed by atoms with Crippen LogP contribution < -0.4 is 15.4 Å². The molecule has 2 aliphatic rings. The number of hydrogen-bond donors (Lipinski definition) is 2. The lowest BCUT2D eigenvalue weighted by molar-refractivity contribution is -0.139. The van der Waals surface area contributed by atoms with E-state index in [-0.39, 0.29) is 46.4 Å². The zero-order valence-electron chi connectivity index (χ0n) is 24.3. The molecule has 0 saturated carbocycles. The van der Waals surface area contributed by atoms with E-state index in [0.717, 1.165) is 49.5 Å². The van der Waals surface area contributed by atoms with Gasteiger partial charge in [-0.1, -0.05) is 18.8 Å². The van der Waals surface area contributed by atoms with Crippen molar-refractivity contribution >= 4 is 22.6 Å². The molecule has 5 rings (SSSR count). The van der Waals surface area contributed by atoms with Crippen molar-refractivity contribution in [3.63, 3.8) is 0 Å². The van der Waals surface area contributed by atoms with Crippen molar-refractivity contribution in [1.29, 1.82) is 5.26 Å². The van der Waals surface area contributed by atoms with Crippen LogP contribution in [0.3, 0.4) is 0 Å². The third kappa shape index (κ3) is 7.07. The SMILES string of the molecule is COc1cc(F)c(C#N)cc1NCC#Cc1cc(C(=O)N[C@H]2CCN(C3CCOC3)C[C@@H]2C)c2ncn(CC(F)(F)F)c2c1. The van der Waals surface area contributed by atoms with Crippen LogP contribution in [0, 0.1) is 34.9 Å². The van der Waals surface area contributed by atoms with Crippen LogP contribution >= 0.6 is 0 Å². The van der Waals surface area contributed by atoms with Gasteiger partial charge in [0.2, 0.25) is 0 Å². The lowest BCUT2D eigenvalue weighted by atomic mass is 9.92. The van der Waals surface area contributed by atoms with E-state index in [1.165, 1.54) is 25.3 Å². The van der Waals surface area contributed by atoms with Crippen molar-refractivity contribution in [2.75, 3.05) is 45.3 Å². The summed E-state index contributed by atoms with van der Waals surface area (Å²) in [7, 11) is 1.36. The molecule has 2 N–H and O–H groups in total. The number of anilines is 1. The summed E-state index contributed by atoms with van der Waals surface area (Å²) >= 11 is 0. The third-order valence-electron chi connectivity index (χ3n) is 8.00. The van der Waals surface area contributed by atoms with Crippen molar-refractivity contribution in [3.8, 4) is 23.7 Å². The molecule has 0 bridgehead atoms. The van der Waals surface area contributed by atoms with Crippen molar-refractivity contribution in [2.45, 2.75) is 44.6 Å². The van der Waals surface area contributed by atoms with E-state index in [4.69, 9.17) is 14.7 Å². The zero-order valence-corrected chi connectivity index (χ0v) is 24.3. The van der Waals surface area contributed by atoms with E-state index < -0.39 is 24.4 Å². The van der Waals surface area contributed by atoms with Crippen LogP contribution in [-0.4, -0.2) is 78.6 Å². The summed E-state index contributed by atoms with van der Waals surface area (Å²) in [6.07, 6.45) is -1.69. The van der Waals surface area contributed by atoms with Gasteiger partial charge in [0.25, 0.3) is 5.91 Å². The highest BCUT2D eigenvalue weighted by Crippen LogP contribution is 2.28. The molecular formula is C31H32F4N6O3. The summed E-state index contributed by atoms with van der Waals surface area (Å²) in [4.78, 5) is 20.1. The Morgan fingerprint density at radius 2 is 2.07 bits per heavy atom. The largest absolute Gasteiger partial charge is 0.494 e. The Morgan fingerprint density at radius 3 is 2.75 bits per heavy atom. The topological polar surface area (TPSA) is 104 Å². The van der Waals surface area contributed by atoms with Crippen LogP contribution in [-0.2, 0) is 11.3 Å². The van der Waals surface area contributed by atoms with Gasteiger partial charge in [-0.25, -0.2) is 9.37 Å². The normalized spacial score (nSPS) is 20.5. The molecule has 0 radical (unpaired) electrons. The molecule has 3 atom stereocenters. The number of hydrogen-bond acceptors (Lipinski definition) is 7. The molecule has 2 aliphatic heterocycles. The van der Waals surface area contributed by atoms with Crippen LogP contribution in [0.2, 0.25) is 0 Å². The van der Waals surface area contributed by atoms with Gasteiger partial charge in [0.15, 0.2) is 0 Å². The Hall–Kier alpha value is -4.33. The highest BCUT2D eigenvalue weighted by molar-refractivity contribution is 6.05. The van der Waals surface area contributed by atoms with Gasteiger partial charge in [-0.3, -0.25) is 9.69 Å². The summed E-state index contributed by atoms with van der Waals surface area (Å²) in [5.41, 5.74) is 0.922. The molecule has 1 unspecified atom stereocenters. The Bertz CT molecular complexity index is 1630. The lowest BCUT2D eigenvalue weighted by Gasteiger charge is -2.39. The number of nitrogens with zero attached hydrogens (tertiary/aromatic N) is 4. The molecule has 232 valence electrons. The first kappa shape index (κ1) is 31.1. The second kappa shape index (κ2) is 13.1. The van der Waals surface area contributed by atoms with Gasteiger partial charge in [-0.2, -0.15) is 18.4 Å². The number of imidazole rings is 1. The highest BCUT2D eigenvalue weighted by atomic mass is 19.4. The molecule has 1 aromatic heterocycles. The number of rotatable bonds is 7. The van der Waals surface area contributed by atoms with E-state index in [2.05, 4.69) is 39.3 Å². The minimum Gasteiger partial charge on any atom is -0.494 e. The maximum Gasteiger partial charge on any atom is 0.406 e. The highest BCUT2D eigenvalue weighted by Gasteiger charge is 2.33. The number of carbonyl (C=O) groups excluding carboxylic acids is 1. The second-order valence-corrected chi connectivity index (χ2v) is 11.0. The van der Waals surface area contributed by atoms with Crippen LogP contribution in [0.25, 0.3) is 11.0 Å². The molecule has 3 aromatic rings. The molecule has 9 nitrogen and oxygen atoms in total. The second-order valence-electron chi connectivity index (χ2n) is 11.0. The minimum absolute atomic E-state index is 0.0381. The molecule has 0 spiro atoms. The Morgan fingerprint density at radius 1 is 1.25 bits per heavy atom. The van der Waals surface area contributed by atoms with E-state index >= 15 is 0 Å². The molecule has 2 aromatic carbocycles. The number of fused-ring (bicyclic) bond motifs is 1. The third-order valence-corrected chi connectivity index (χ3v) is 8.00. The van der Waals surface area contributed by atoms with Crippen LogP contribution in [0.4, 0.5) is 23.2 Å². The average molecular weight is 613 g/mol. The maximum absolute atomic E-state index is 13.9.